The van der Waals surface area contributed by atoms with Crippen LogP contribution in [0.2, 0.25) is 0 Å². The zero-order valence-corrected chi connectivity index (χ0v) is 9.57. The van der Waals surface area contributed by atoms with Gasteiger partial charge in [-0.25, -0.2) is 9.78 Å². The Hall–Kier alpha value is -2.15. The van der Waals surface area contributed by atoms with Gasteiger partial charge in [0.2, 0.25) is 0 Å². The molecule has 1 fully saturated rings. The van der Waals surface area contributed by atoms with Gasteiger partial charge in [-0.2, -0.15) is 0 Å². The Labute approximate surface area is 103 Å². The van der Waals surface area contributed by atoms with Gasteiger partial charge in [0, 0.05) is 6.54 Å². The van der Waals surface area contributed by atoms with Crippen LogP contribution in [-0.4, -0.2) is 47.8 Å². The number of morpholine rings is 1. The molecule has 7 heteroatoms. The molecule has 1 saturated heterocycles. The summed E-state index contributed by atoms with van der Waals surface area (Å²) in [6.45, 7) is 1.03. The monoisotopic (exact) mass is 251 g/mol. The normalized spacial score (nSPS) is 19.6. The molecule has 0 spiro atoms. The van der Waals surface area contributed by atoms with Gasteiger partial charge in [-0.15, -0.1) is 0 Å². The van der Waals surface area contributed by atoms with Crippen LogP contribution < -0.4 is 10.6 Å². The maximum absolute atomic E-state index is 11.0. The van der Waals surface area contributed by atoms with Crippen LogP contribution in [0.1, 0.15) is 10.5 Å². The number of pyridine rings is 1. The van der Waals surface area contributed by atoms with E-state index in [4.69, 9.17) is 15.6 Å². The zero-order valence-electron chi connectivity index (χ0n) is 9.57. The highest BCUT2D eigenvalue weighted by Crippen LogP contribution is 2.15. The van der Waals surface area contributed by atoms with Crippen molar-refractivity contribution in [1.29, 1.82) is 0 Å². The summed E-state index contributed by atoms with van der Waals surface area (Å²) in [5.74, 6) is -1.09. The summed E-state index contributed by atoms with van der Waals surface area (Å²) < 4.78 is 5.11. The molecule has 1 unspecified atom stereocenters. The molecule has 1 aromatic heterocycles. The number of aliphatic carboxylic acids is 1. The van der Waals surface area contributed by atoms with Crippen molar-refractivity contribution in [2.45, 2.75) is 6.10 Å². The predicted molar refractivity (Wildman–Crippen MR) is 62.3 cm³/mol. The molecule has 0 saturated carbocycles. The van der Waals surface area contributed by atoms with Crippen LogP contribution in [0, 0.1) is 0 Å². The number of primary amides is 1. The Bertz CT molecular complexity index is 477. The van der Waals surface area contributed by atoms with E-state index in [9.17, 15) is 9.59 Å². The van der Waals surface area contributed by atoms with Gasteiger partial charge < -0.3 is 20.5 Å². The molecule has 2 heterocycles. The summed E-state index contributed by atoms with van der Waals surface area (Å²) in [7, 11) is 0. The highest BCUT2D eigenvalue weighted by atomic mass is 16.5. The molecule has 1 atom stereocenters. The third-order valence-electron chi connectivity index (χ3n) is 2.65. The number of aromatic nitrogens is 1. The predicted octanol–water partition coefficient (Wildman–Crippen LogP) is -0.530. The third-order valence-corrected chi connectivity index (χ3v) is 2.65. The average Bonchev–Trinajstić information content (AvgIpc) is 2.39. The Balaban J connectivity index is 2.18. The van der Waals surface area contributed by atoms with Crippen molar-refractivity contribution in [2.24, 2.45) is 5.73 Å². The topological polar surface area (TPSA) is 106 Å². The Morgan fingerprint density at radius 2 is 2.28 bits per heavy atom. The number of anilines is 1. The van der Waals surface area contributed by atoms with Gasteiger partial charge in [0.25, 0.3) is 5.91 Å². The van der Waals surface area contributed by atoms with Crippen molar-refractivity contribution in [2.75, 3.05) is 24.6 Å². The fraction of sp³-hybridized carbons (Fsp3) is 0.364. The largest absolute Gasteiger partial charge is 0.479 e. The molecule has 1 aliphatic rings. The molecule has 1 amide bonds. The van der Waals surface area contributed by atoms with E-state index in [0.29, 0.717) is 19.0 Å². The number of amides is 1. The molecule has 0 bridgehead atoms. The van der Waals surface area contributed by atoms with Gasteiger partial charge in [0.05, 0.1) is 13.2 Å². The van der Waals surface area contributed by atoms with Crippen molar-refractivity contribution in [3.8, 4) is 0 Å². The summed E-state index contributed by atoms with van der Waals surface area (Å²) in [5.41, 5.74) is 5.31. The lowest BCUT2D eigenvalue weighted by molar-refractivity contribution is -0.150. The smallest absolute Gasteiger partial charge is 0.334 e. The van der Waals surface area contributed by atoms with Crippen molar-refractivity contribution < 1.29 is 19.4 Å². The maximum atomic E-state index is 11.0. The van der Waals surface area contributed by atoms with Crippen LogP contribution in [0.15, 0.2) is 18.2 Å². The number of carbonyl (C=O) groups excluding carboxylic acids is 1. The first-order chi connectivity index (χ1) is 8.58. The van der Waals surface area contributed by atoms with E-state index in [2.05, 4.69) is 4.98 Å². The number of nitrogens with two attached hydrogens (primary N) is 1. The molecule has 1 aromatic rings. The lowest BCUT2D eigenvalue weighted by Crippen LogP contribution is -2.46. The first kappa shape index (κ1) is 12.3. The molecule has 7 nitrogen and oxygen atoms in total. The van der Waals surface area contributed by atoms with Gasteiger partial charge in [-0.3, -0.25) is 4.79 Å². The van der Waals surface area contributed by atoms with Crippen LogP contribution in [-0.2, 0) is 9.53 Å². The molecular weight excluding hydrogens is 238 g/mol. The number of hydrogen-bond donors (Lipinski definition) is 2. The SMILES string of the molecule is NC(=O)c1cccc(N2CCOC(C(=O)O)C2)n1. The van der Waals surface area contributed by atoms with E-state index in [1.807, 2.05) is 0 Å². The minimum atomic E-state index is -1.01. The number of carbonyl (C=O) groups is 2. The van der Waals surface area contributed by atoms with E-state index in [0.717, 1.165) is 0 Å². The van der Waals surface area contributed by atoms with Crippen molar-refractivity contribution in [3.63, 3.8) is 0 Å². The summed E-state index contributed by atoms with van der Waals surface area (Å²) in [6.07, 6.45) is -0.877. The summed E-state index contributed by atoms with van der Waals surface area (Å²) in [6, 6.07) is 4.88. The van der Waals surface area contributed by atoms with E-state index in [1.165, 1.54) is 6.07 Å². The molecule has 0 aliphatic carbocycles. The van der Waals surface area contributed by atoms with Gasteiger partial charge in [-0.1, -0.05) is 6.07 Å². The van der Waals surface area contributed by atoms with Gasteiger partial charge in [0.1, 0.15) is 11.5 Å². The Morgan fingerprint density at radius 3 is 2.94 bits per heavy atom. The molecule has 1 aliphatic heterocycles. The fourth-order valence-corrected chi connectivity index (χ4v) is 1.74. The average molecular weight is 251 g/mol. The number of rotatable bonds is 3. The highest BCUT2D eigenvalue weighted by molar-refractivity contribution is 5.91. The number of hydrogen-bond acceptors (Lipinski definition) is 5. The van der Waals surface area contributed by atoms with Crippen LogP contribution in [0.4, 0.5) is 5.82 Å². The minimum Gasteiger partial charge on any atom is -0.479 e. The number of nitrogens with zero attached hydrogens (tertiary/aromatic N) is 2. The van der Waals surface area contributed by atoms with Crippen LogP contribution >= 0.6 is 0 Å². The molecule has 18 heavy (non-hydrogen) atoms. The summed E-state index contributed by atoms with van der Waals surface area (Å²) >= 11 is 0. The second-order valence-corrected chi connectivity index (χ2v) is 3.89. The molecular formula is C11H13N3O4. The summed E-state index contributed by atoms with van der Waals surface area (Å²) in [5, 5.41) is 8.90. The summed E-state index contributed by atoms with van der Waals surface area (Å²) in [4.78, 5) is 27.7. The molecule has 3 N–H and O–H groups in total. The Kier molecular flexibility index (Phi) is 3.42. The number of ether oxygens (including phenoxy) is 1. The second kappa shape index (κ2) is 5.01. The van der Waals surface area contributed by atoms with E-state index >= 15 is 0 Å². The van der Waals surface area contributed by atoms with E-state index in [-0.39, 0.29) is 12.2 Å². The molecule has 2 rings (SSSR count). The van der Waals surface area contributed by atoms with Gasteiger partial charge in [-0.05, 0) is 12.1 Å². The number of carboxylic acids is 1. The first-order valence-corrected chi connectivity index (χ1v) is 5.44. The molecule has 0 radical (unpaired) electrons. The quantitative estimate of drug-likeness (QED) is 0.748. The fourth-order valence-electron chi connectivity index (χ4n) is 1.74. The van der Waals surface area contributed by atoms with E-state index < -0.39 is 18.0 Å². The van der Waals surface area contributed by atoms with Crippen molar-refractivity contribution in [1.82, 2.24) is 4.98 Å². The second-order valence-electron chi connectivity index (χ2n) is 3.89. The Morgan fingerprint density at radius 1 is 1.50 bits per heavy atom. The van der Waals surface area contributed by atoms with Crippen LogP contribution in [0.5, 0.6) is 0 Å². The minimum absolute atomic E-state index is 0.158. The standard InChI is InChI=1S/C11H13N3O4/c12-10(15)7-2-1-3-9(13-7)14-4-5-18-8(6-14)11(16)17/h1-3,8H,4-6H2,(H2,12,15)(H,16,17). The van der Waals surface area contributed by atoms with Crippen LogP contribution in [0.3, 0.4) is 0 Å². The lowest BCUT2D eigenvalue weighted by Gasteiger charge is -2.31. The van der Waals surface area contributed by atoms with Crippen molar-refractivity contribution in [3.05, 3.63) is 23.9 Å². The van der Waals surface area contributed by atoms with Gasteiger partial charge in [0.15, 0.2) is 6.10 Å². The number of carboxylic acid groups (broad SMARTS) is 1. The van der Waals surface area contributed by atoms with E-state index in [1.54, 1.807) is 17.0 Å². The highest BCUT2D eigenvalue weighted by Gasteiger charge is 2.27. The molecule has 96 valence electrons. The van der Waals surface area contributed by atoms with Gasteiger partial charge >= 0.3 is 5.97 Å². The third kappa shape index (κ3) is 2.57. The zero-order chi connectivity index (χ0) is 13.1. The van der Waals surface area contributed by atoms with Crippen molar-refractivity contribution >= 4 is 17.7 Å². The lowest BCUT2D eigenvalue weighted by atomic mass is 10.2. The maximum Gasteiger partial charge on any atom is 0.334 e. The van der Waals surface area contributed by atoms with Crippen LogP contribution in [0.25, 0.3) is 0 Å². The molecule has 0 aromatic carbocycles. The first-order valence-electron chi connectivity index (χ1n) is 5.44.